The Morgan fingerprint density at radius 1 is 0.806 bits per heavy atom. The normalized spacial score (nSPS) is 19.3. The van der Waals surface area contributed by atoms with E-state index in [9.17, 15) is 18.4 Å². The Hall–Kier alpha value is -3.62. The molecule has 0 N–H and O–H groups in total. The van der Waals surface area contributed by atoms with Crippen LogP contribution in [0.3, 0.4) is 0 Å². The van der Waals surface area contributed by atoms with Crippen LogP contribution in [0.15, 0.2) is 72.8 Å². The van der Waals surface area contributed by atoms with Crippen molar-refractivity contribution in [2.45, 2.75) is 18.5 Å². The Balaban J connectivity index is 1.33. The number of carbonyl (C=O) groups excluding carboxylic acids is 2. The highest BCUT2D eigenvalue weighted by molar-refractivity contribution is 6.23. The number of benzene rings is 3. The van der Waals surface area contributed by atoms with E-state index in [0.29, 0.717) is 37.6 Å². The summed E-state index contributed by atoms with van der Waals surface area (Å²) in [5.74, 6) is -0.638. The maximum Gasteiger partial charge on any atom is 0.251 e. The maximum atomic E-state index is 13.6. The van der Waals surface area contributed by atoms with Crippen molar-refractivity contribution in [2.24, 2.45) is 0 Å². The van der Waals surface area contributed by atoms with Crippen LogP contribution in [0, 0.1) is 11.6 Å². The monoisotopic (exact) mass is 491 g/mol. The number of halogens is 2. The van der Waals surface area contributed by atoms with Gasteiger partial charge in [0.05, 0.1) is 31.3 Å². The number of rotatable bonds is 6. The lowest BCUT2D eigenvalue weighted by Crippen LogP contribution is -2.53. The fourth-order valence-electron chi connectivity index (χ4n) is 5.18. The van der Waals surface area contributed by atoms with Gasteiger partial charge in [-0.2, -0.15) is 0 Å². The lowest BCUT2D eigenvalue weighted by Gasteiger charge is -2.41. The van der Waals surface area contributed by atoms with Gasteiger partial charge in [0.15, 0.2) is 0 Å². The van der Waals surface area contributed by atoms with E-state index in [1.165, 1.54) is 36.3 Å². The molecule has 3 aromatic rings. The molecule has 2 aliphatic heterocycles. The number of piperazine rings is 1. The van der Waals surface area contributed by atoms with Crippen molar-refractivity contribution in [2.75, 3.05) is 38.2 Å². The Morgan fingerprint density at radius 2 is 1.36 bits per heavy atom. The highest BCUT2D eigenvalue weighted by atomic mass is 19.1. The van der Waals surface area contributed by atoms with Crippen LogP contribution in [0.25, 0.3) is 0 Å². The van der Waals surface area contributed by atoms with Crippen LogP contribution in [0.1, 0.15) is 23.6 Å². The first-order valence-corrected chi connectivity index (χ1v) is 11.9. The van der Waals surface area contributed by atoms with Crippen molar-refractivity contribution < 1.29 is 23.1 Å². The van der Waals surface area contributed by atoms with Gasteiger partial charge in [-0.05, 0) is 47.5 Å². The van der Waals surface area contributed by atoms with Crippen LogP contribution in [0.4, 0.5) is 14.5 Å². The van der Waals surface area contributed by atoms with E-state index in [1.54, 1.807) is 48.5 Å². The second kappa shape index (κ2) is 10.2. The van der Waals surface area contributed by atoms with Gasteiger partial charge in [0.2, 0.25) is 5.91 Å². The van der Waals surface area contributed by atoms with Crippen LogP contribution >= 0.6 is 0 Å². The Kier molecular flexibility index (Phi) is 6.80. The molecule has 36 heavy (non-hydrogen) atoms. The minimum Gasteiger partial charge on any atom is -0.495 e. The highest BCUT2D eigenvalue weighted by Crippen LogP contribution is 2.34. The molecule has 6 nitrogen and oxygen atoms in total. The predicted octanol–water partition coefficient (Wildman–Crippen LogP) is 4.01. The lowest BCUT2D eigenvalue weighted by molar-refractivity contribution is -0.123. The summed E-state index contributed by atoms with van der Waals surface area (Å²) < 4.78 is 32.6. The van der Waals surface area contributed by atoms with Crippen molar-refractivity contribution >= 4 is 17.5 Å². The second-order valence-corrected chi connectivity index (χ2v) is 9.04. The zero-order chi connectivity index (χ0) is 25.2. The summed E-state index contributed by atoms with van der Waals surface area (Å²) in [4.78, 5) is 31.7. The minimum absolute atomic E-state index is 0.121. The highest BCUT2D eigenvalue weighted by Gasteiger charge is 2.44. The van der Waals surface area contributed by atoms with E-state index in [0.717, 1.165) is 11.1 Å². The Bertz CT molecular complexity index is 1200. The third-order valence-electron chi connectivity index (χ3n) is 6.98. The molecule has 0 unspecified atom stereocenters. The molecule has 2 saturated heterocycles. The van der Waals surface area contributed by atoms with Gasteiger partial charge in [0.1, 0.15) is 17.4 Å². The quantitative estimate of drug-likeness (QED) is 0.488. The van der Waals surface area contributed by atoms with Crippen LogP contribution in [-0.4, -0.2) is 60.9 Å². The molecule has 2 fully saturated rings. The second-order valence-electron chi connectivity index (χ2n) is 9.04. The van der Waals surface area contributed by atoms with E-state index < -0.39 is 6.04 Å². The molecule has 2 aliphatic rings. The molecule has 0 aromatic heterocycles. The summed E-state index contributed by atoms with van der Waals surface area (Å²) in [6.45, 7) is 2.43. The van der Waals surface area contributed by atoms with Crippen LogP contribution < -0.4 is 9.64 Å². The molecule has 2 heterocycles. The zero-order valence-electron chi connectivity index (χ0n) is 19.9. The summed E-state index contributed by atoms with van der Waals surface area (Å²) in [5, 5.41) is 0. The summed E-state index contributed by atoms with van der Waals surface area (Å²) in [6, 6.07) is 19.0. The first-order chi connectivity index (χ1) is 17.5. The fraction of sp³-hybridized carbons (Fsp3) is 0.286. The number of hydrogen-bond acceptors (Lipinski definition) is 5. The van der Waals surface area contributed by atoms with Crippen molar-refractivity contribution in [1.82, 2.24) is 9.80 Å². The van der Waals surface area contributed by atoms with Crippen LogP contribution in [0.5, 0.6) is 5.75 Å². The van der Waals surface area contributed by atoms with Crippen molar-refractivity contribution in [3.05, 3.63) is 95.6 Å². The number of anilines is 1. The van der Waals surface area contributed by atoms with E-state index in [4.69, 9.17) is 4.74 Å². The summed E-state index contributed by atoms with van der Waals surface area (Å²) in [7, 11) is 1.51. The van der Waals surface area contributed by atoms with E-state index in [2.05, 4.69) is 9.80 Å². The third kappa shape index (κ3) is 4.62. The van der Waals surface area contributed by atoms with Gasteiger partial charge in [0.25, 0.3) is 5.91 Å². The SMILES string of the molecule is COc1ccccc1N1C(=O)C[C@@H](N2CCN(C(c3ccc(F)cc3)c3ccc(F)cc3)CC2)C1=O. The van der Waals surface area contributed by atoms with E-state index in [-0.39, 0.29) is 35.9 Å². The number of imide groups is 1. The summed E-state index contributed by atoms with van der Waals surface area (Å²) in [5.41, 5.74) is 2.28. The number of methoxy groups -OCH3 is 1. The van der Waals surface area contributed by atoms with Crippen molar-refractivity contribution in [3.8, 4) is 5.75 Å². The molecule has 5 rings (SSSR count). The first-order valence-electron chi connectivity index (χ1n) is 11.9. The third-order valence-corrected chi connectivity index (χ3v) is 6.98. The molecule has 0 aliphatic carbocycles. The average Bonchev–Trinajstić information content (AvgIpc) is 3.20. The van der Waals surface area contributed by atoms with Gasteiger partial charge in [0, 0.05) is 26.2 Å². The molecule has 0 saturated carbocycles. The lowest BCUT2D eigenvalue weighted by atomic mass is 9.96. The van der Waals surface area contributed by atoms with Gasteiger partial charge in [-0.25, -0.2) is 13.7 Å². The van der Waals surface area contributed by atoms with E-state index >= 15 is 0 Å². The zero-order valence-corrected chi connectivity index (χ0v) is 19.9. The molecular formula is C28H27F2N3O3. The van der Waals surface area contributed by atoms with E-state index in [1.807, 2.05) is 0 Å². The maximum absolute atomic E-state index is 13.6. The molecule has 0 spiro atoms. The van der Waals surface area contributed by atoms with Gasteiger partial charge in [-0.3, -0.25) is 19.4 Å². The molecular weight excluding hydrogens is 464 g/mol. The van der Waals surface area contributed by atoms with Crippen molar-refractivity contribution in [1.29, 1.82) is 0 Å². The number of carbonyl (C=O) groups is 2. The van der Waals surface area contributed by atoms with Gasteiger partial charge in [-0.1, -0.05) is 36.4 Å². The largest absolute Gasteiger partial charge is 0.495 e. The first kappa shape index (κ1) is 24.1. The number of hydrogen-bond donors (Lipinski definition) is 0. The summed E-state index contributed by atoms with van der Waals surface area (Å²) in [6.07, 6.45) is 0.121. The molecule has 8 heteroatoms. The van der Waals surface area contributed by atoms with Gasteiger partial charge < -0.3 is 4.74 Å². The van der Waals surface area contributed by atoms with Gasteiger partial charge >= 0.3 is 0 Å². The van der Waals surface area contributed by atoms with Gasteiger partial charge in [-0.15, -0.1) is 0 Å². The molecule has 3 aromatic carbocycles. The van der Waals surface area contributed by atoms with Crippen LogP contribution in [-0.2, 0) is 9.59 Å². The average molecular weight is 492 g/mol. The topological polar surface area (TPSA) is 53.1 Å². The molecule has 2 amide bonds. The molecule has 0 bridgehead atoms. The Morgan fingerprint density at radius 3 is 1.92 bits per heavy atom. The summed E-state index contributed by atoms with van der Waals surface area (Å²) >= 11 is 0. The number of nitrogens with zero attached hydrogens (tertiary/aromatic N) is 3. The van der Waals surface area contributed by atoms with Crippen LogP contribution in [0.2, 0.25) is 0 Å². The van der Waals surface area contributed by atoms with Crippen molar-refractivity contribution in [3.63, 3.8) is 0 Å². The standard InChI is InChI=1S/C28H27F2N3O3/c1-36-25-5-3-2-4-23(25)33-26(34)18-24(28(33)35)31-14-16-32(17-15-31)27(19-6-10-21(29)11-7-19)20-8-12-22(30)13-9-20/h2-13,24,27H,14-18H2,1H3/t24-/m1/s1. The molecule has 0 radical (unpaired) electrons. The fourth-order valence-corrected chi connectivity index (χ4v) is 5.18. The number of amides is 2. The number of para-hydroxylation sites is 2. The smallest absolute Gasteiger partial charge is 0.251 e. The Labute approximate surface area is 208 Å². The number of ether oxygens (including phenoxy) is 1. The molecule has 186 valence electrons. The predicted molar refractivity (Wildman–Crippen MR) is 132 cm³/mol. The minimum atomic E-state index is -0.528. The molecule has 1 atom stereocenters.